The van der Waals surface area contributed by atoms with Crippen molar-refractivity contribution in [2.75, 3.05) is 38.2 Å². The molecule has 144 valence electrons. The third kappa shape index (κ3) is 4.88. The number of piperazine rings is 1. The first kappa shape index (κ1) is 19.4. The molecule has 27 heavy (non-hydrogen) atoms. The maximum atomic E-state index is 12.6. The van der Waals surface area contributed by atoms with Crippen molar-refractivity contribution in [1.29, 1.82) is 0 Å². The monoisotopic (exact) mass is 396 g/mol. The minimum Gasteiger partial charge on any atom is -0.495 e. The van der Waals surface area contributed by atoms with Gasteiger partial charge in [0.15, 0.2) is 0 Å². The van der Waals surface area contributed by atoms with E-state index in [1.807, 2.05) is 24.3 Å². The summed E-state index contributed by atoms with van der Waals surface area (Å²) in [6.07, 6.45) is 0. The number of carbonyl (C=O) groups is 1. The third-order valence-electron chi connectivity index (χ3n) is 4.33. The fraction of sp³-hybridized carbons (Fsp3) is 0.316. The van der Waals surface area contributed by atoms with Gasteiger partial charge < -0.3 is 14.5 Å². The van der Waals surface area contributed by atoms with E-state index in [9.17, 15) is 18.0 Å². The van der Waals surface area contributed by atoms with Gasteiger partial charge in [-0.2, -0.15) is 13.2 Å². The molecule has 1 heterocycles. The Morgan fingerprint density at radius 2 is 1.63 bits per heavy atom. The summed E-state index contributed by atoms with van der Waals surface area (Å²) in [7, 11) is 1.62. The molecule has 4 nitrogen and oxygen atoms in total. The van der Waals surface area contributed by atoms with Gasteiger partial charge in [0.05, 0.1) is 12.8 Å². The molecule has 1 aliphatic heterocycles. The van der Waals surface area contributed by atoms with Crippen LogP contribution in [0.4, 0.5) is 18.9 Å². The number of hydrogen-bond acceptors (Lipinski definition) is 4. The highest BCUT2D eigenvalue weighted by molar-refractivity contribution is 8.00. The summed E-state index contributed by atoms with van der Waals surface area (Å²) in [5, 5.41) is 0. The molecule has 0 unspecified atom stereocenters. The fourth-order valence-electron chi connectivity index (χ4n) is 3.02. The van der Waals surface area contributed by atoms with Crippen LogP contribution in [-0.2, 0) is 0 Å². The molecule has 0 radical (unpaired) electrons. The van der Waals surface area contributed by atoms with E-state index >= 15 is 0 Å². The van der Waals surface area contributed by atoms with Crippen molar-refractivity contribution in [3.8, 4) is 5.75 Å². The lowest BCUT2D eigenvalue weighted by Gasteiger charge is -2.36. The maximum Gasteiger partial charge on any atom is 0.446 e. The second-order valence-corrected chi connectivity index (χ2v) is 7.16. The van der Waals surface area contributed by atoms with Crippen LogP contribution in [0.5, 0.6) is 5.75 Å². The molecular formula is C19H19F3N2O2S. The van der Waals surface area contributed by atoms with E-state index in [-0.39, 0.29) is 22.6 Å². The molecule has 0 N–H and O–H groups in total. The first-order chi connectivity index (χ1) is 12.9. The van der Waals surface area contributed by atoms with Gasteiger partial charge in [0.1, 0.15) is 5.75 Å². The number of amides is 1. The first-order valence-electron chi connectivity index (χ1n) is 8.40. The number of rotatable bonds is 4. The molecule has 0 atom stereocenters. The highest BCUT2D eigenvalue weighted by Gasteiger charge is 2.29. The summed E-state index contributed by atoms with van der Waals surface area (Å²) < 4.78 is 42.6. The largest absolute Gasteiger partial charge is 0.495 e. The second kappa shape index (κ2) is 8.12. The number of halogens is 3. The molecule has 2 aromatic rings. The quantitative estimate of drug-likeness (QED) is 0.723. The maximum absolute atomic E-state index is 12.6. The molecule has 0 saturated carbocycles. The molecule has 1 saturated heterocycles. The second-order valence-electron chi connectivity index (χ2n) is 6.02. The first-order valence-corrected chi connectivity index (χ1v) is 9.22. The van der Waals surface area contributed by atoms with Gasteiger partial charge in [0.25, 0.3) is 5.91 Å². The van der Waals surface area contributed by atoms with Gasteiger partial charge in [-0.25, -0.2) is 0 Å². The normalized spacial score (nSPS) is 15.0. The Bertz CT molecular complexity index is 788. The molecule has 2 aromatic carbocycles. The molecule has 1 amide bonds. The molecule has 0 aliphatic carbocycles. The van der Waals surface area contributed by atoms with Gasteiger partial charge in [-0.3, -0.25) is 4.79 Å². The Balaban J connectivity index is 1.61. The van der Waals surface area contributed by atoms with Crippen molar-refractivity contribution in [3.63, 3.8) is 0 Å². The lowest BCUT2D eigenvalue weighted by atomic mass is 10.1. The van der Waals surface area contributed by atoms with Gasteiger partial charge in [-0.15, -0.1) is 0 Å². The average Bonchev–Trinajstić information content (AvgIpc) is 2.67. The molecule has 0 bridgehead atoms. The lowest BCUT2D eigenvalue weighted by molar-refractivity contribution is -0.0328. The van der Waals surface area contributed by atoms with Gasteiger partial charge in [0.2, 0.25) is 0 Å². The topological polar surface area (TPSA) is 32.8 Å². The summed E-state index contributed by atoms with van der Waals surface area (Å²) in [4.78, 5) is 16.6. The average molecular weight is 396 g/mol. The smallest absolute Gasteiger partial charge is 0.446 e. The summed E-state index contributed by atoms with van der Waals surface area (Å²) >= 11 is -0.185. The SMILES string of the molecule is COc1ccccc1N1CCN(C(=O)c2ccc(SC(F)(F)F)cc2)CC1. The van der Waals surface area contributed by atoms with Gasteiger partial charge >= 0.3 is 5.51 Å². The van der Waals surface area contributed by atoms with Crippen molar-refractivity contribution < 1.29 is 22.7 Å². The summed E-state index contributed by atoms with van der Waals surface area (Å²) in [5.41, 5.74) is -2.95. The van der Waals surface area contributed by atoms with E-state index < -0.39 is 5.51 Å². The van der Waals surface area contributed by atoms with Crippen LogP contribution in [-0.4, -0.2) is 49.6 Å². The van der Waals surface area contributed by atoms with Crippen molar-refractivity contribution in [2.45, 2.75) is 10.4 Å². The number of anilines is 1. The lowest BCUT2D eigenvalue weighted by Crippen LogP contribution is -2.48. The fourth-order valence-corrected chi connectivity index (χ4v) is 3.56. The molecule has 8 heteroatoms. The van der Waals surface area contributed by atoms with Crippen LogP contribution in [0, 0.1) is 0 Å². The zero-order valence-electron chi connectivity index (χ0n) is 14.7. The number of alkyl halides is 3. The van der Waals surface area contributed by atoms with Crippen LogP contribution < -0.4 is 9.64 Å². The van der Waals surface area contributed by atoms with E-state index in [0.717, 1.165) is 11.4 Å². The standard InChI is InChI=1S/C19H19F3N2O2S/c1-26-17-5-3-2-4-16(17)23-10-12-24(13-11-23)18(25)14-6-8-15(9-7-14)27-19(20,21)22/h2-9H,10-13H2,1H3. The van der Waals surface area contributed by atoms with Crippen molar-refractivity contribution in [2.24, 2.45) is 0 Å². The van der Waals surface area contributed by atoms with Crippen LogP contribution in [0.25, 0.3) is 0 Å². The zero-order valence-corrected chi connectivity index (χ0v) is 15.5. The number of nitrogens with zero attached hydrogens (tertiary/aromatic N) is 2. The summed E-state index contributed by atoms with van der Waals surface area (Å²) in [6.45, 7) is 2.40. The predicted octanol–water partition coefficient (Wildman–Crippen LogP) is 4.27. The summed E-state index contributed by atoms with van der Waals surface area (Å²) in [5.74, 6) is 0.619. The van der Waals surface area contributed by atoms with Crippen molar-refractivity contribution >= 4 is 23.4 Å². The molecular weight excluding hydrogens is 377 g/mol. The van der Waals surface area contributed by atoms with Crippen LogP contribution >= 0.6 is 11.8 Å². The minimum atomic E-state index is -4.33. The Labute approximate surface area is 159 Å². The Hall–Kier alpha value is -2.35. The number of carbonyl (C=O) groups excluding carboxylic acids is 1. The van der Waals surface area contributed by atoms with E-state index in [4.69, 9.17) is 4.74 Å². The van der Waals surface area contributed by atoms with Gasteiger partial charge in [0, 0.05) is 36.6 Å². The highest BCUT2D eigenvalue weighted by Crippen LogP contribution is 2.36. The molecule has 3 rings (SSSR count). The Kier molecular flexibility index (Phi) is 5.84. The van der Waals surface area contributed by atoms with Crippen molar-refractivity contribution in [1.82, 2.24) is 4.90 Å². The molecule has 1 aliphatic rings. The number of methoxy groups -OCH3 is 1. The van der Waals surface area contributed by atoms with Crippen LogP contribution in [0.2, 0.25) is 0 Å². The Morgan fingerprint density at radius 3 is 2.22 bits per heavy atom. The number of para-hydroxylation sites is 2. The molecule has 0 spiro atoms. The van der Waals surface area contributed by atoms with Gasteiger partial charge in [-0.1, -0.05) is 12.1 Å². The number of thioether (sulfide) groups is 1. The summed E-state index contributed by atoms with van der Waals surface area (Å²) in [6, 6.07) is 13.3. The zero-order chi connectivity index (χ0) is 19.4. The van der Waals surface area contributed by atoms with Crippen molar-refractivity contribution in [3.05, 3.63) is 54.1 Å². The molecule has 1 fully saturated rings. The number of benzene rings is 2. The number of ether oxygens (including phenoxy) is 1. The Morgan fingerprint density at radius 1 is 1.00 bits per heavy atom. The number of hydrogen-bond donors (Lipinski definition) is 0. The van der Waals surface area contributed by atoms with E-state index in [0.29, 0.717) is 31.7 Å². The highest BCUT2D eigenvalue weighted by atomic mass is 32.2. The van der Waals surface area contributed by atoms with Crippen LogP contribution in [0.3, 0.4) is 0 Å². The van der Waals surface area contributed by atoms with E-state index in [1.54, 1.807) is 12.0 Å². The van der Waals surface area contributed by atoms with Crippen LogP contribution in [0.15, 0.2) is 53.4 Å². The van der Waals surface area contributed by atoms with E-state index in [2.05, 4.69) is 4.90 Å². The third-order valence-corrected chi connectivity index (χ3v) is 5.07. The molecule has 0 aromatic heterocycles. The van der Waals surface area contributed by atoms with E-state index in [1.165, 1.54) is 24.3 Å². The van der Waals surface area contributed by atoms with Crippen LogP contribution in [0.1, 0.15) is 10.4 Å². The van der Waals surface area contributed by atoms with Gasteiger partial charge in [-0.05, 0) is 48.2 Å². The minimum absolute atomic E-state index is 0.0695. The predicted molar refractivity (Wildman–Crippen MR) is 99.5 cm³/mol.